The van der Waals surface area contributed by atoms with Crippen LogP contribution in [0.1, 0.15) is 65.2 Å². The molecule has 102 valence electrons. The maximum atomic E-state index is 6.11. The number of rotatable bonds is 9. The average Bonchev–Trinajstić information content (AvgIpc) is 2.37. The third-order valence-electron chi connectivity index (χ3n) is 3.70. The van der Waals surface area contributed by atoms with E-state index in [4.69, 9.17) is 4.74 Å². The Morgan fingerprint density at radius 1 is 1.12 bits per heavy atom. The lowest BCUT2D eigenvalue weighted by molar-refractivity contribution is 0.0164. The number of hydrogen-bond acceptors (Lipinski definition) is 2. The molecule has 0 aromatic heterocycles. The summed E-state index contributed by atoms with van der Waals surface area (Å²) in [6.07, 6.45) is 11.1. The van der Waals surface area contributed by atoms with Gasteiger partial charge < -0.3 is 10.1 Å². The van der Waals surface area contributed by atoms with Crippen LogP contribution in [-0.2, 0) is 4.74 Å². The van der Waals surface area contributed by atoms with Gasteiger partial charge in [0, 0.05) is 13.2 Å². The fraction of sp³-hybridized carbons (Fsp3) is 1.00. The second-order valence-electron chi connectivity index (χ2n) is 5.45. The molecule has 1 fully saturated rings. The van der Waals surface area contributed by atoms with Crippen molar-refractivity contribution in [2.45, 2.75) is 71.3 Å². The first-order valence-electron chi connectivity index (χ1n) is 7.69. The molecule has 0 heterocycles. The highest BCUT2D eigenvalue weighted by Gasteiger charge is 2.16. The molecule has 1 aliphatic carbocycles. The number of ether oxygens (including phenoxy) is 1. The van der Waals surface area contributed by atoms with Gasteiger partial charge in [0.2, 0.25) is 0 Å². The maximum absolute atomic E-state index is 6.11. The quantitative estimate of drug-likeness (QED) is 0.621. The van der Waals surface area contributed by atoms with Crippen LogP contribution in [0.25, 0.3) is 0 Å². The molecule has 0 radical (unpaired) electrons. The van der Waals surface area contributed by atoms with E-state index < -0.39 is 0 Å². The van der Waals surface area contributed by atoms with Crippen molar-refractivity contribution in [1.29, 1.82) is 0 Å². The van der Waals surface area contributed by atoms with Crippen LogP contribution in [0.3, 0.4) is 0 Å². The van der Waals surface area contributed by atoms with E-state index in [0.29, 0.717) is 6.10 Å². The molecule has 0 aromatic rings. The minimum absolute atomic E-state index is 0.438. The van der Waals surface area contributed by atoms with Crippen molar-refractivity contribution in [1.82, 2.24) is 5.32 Å². The Bertz CT molecular complexity index is 166. The first-order chi connectivity index (χ1) is 8.36. The molecule has 0 spiro atoms. The van der Waals surface area contributed by atoms with Gasteiger partial charge in [0.15, 0.2) is 0 Å². The van der Waals surface area contributed by atoms with E-state index in [1.807, 2.05) is 0 Å². The van der Waals surface area contributed by atoms with Gasteiger partial charge in [-0.1, -0.05) is 39.5 Å². The Hall–Kier alpha value is -0.0800. The predicted octanol–water partition coefficient (Wildman–Crippen LogP) is 3.75. The van der Waals surface area contributed by atoms with Crippen LogP contribution >= 0.6 is 0 Å². The molecule has 1 atom stereocenters. The first-order valence-corrected chi connectivity index (χ1v) is 7.69. The largest absolute Gasteiger partial charge is 0.377 e. The normalized spacial score (nSPS) is 19.4. The summed E-state index contributed by atoms with van der Waals surface area (Å²) in [5.41, 5.74) is 0. The molecule has 0 saturated heterocycles. The summed E-state index contributed by atoms with van der Waals surface area (Å²) in [7, 11) is 0. The second kappa shape index (κ2) is 9.90. The van der Waals surface area contributed by atoms with E-state index in [2.05, 4.69) is 19.2 Å². The zero-order chi connectivity index (χ0) is 12.3. The van der Waals surface area contributed by atoms with Gasteiger partial charge in [-0.3, -0.25) is 0 Å². The molecule has 0 bridgehead atoms. The lowest BCUT2D eigenvalue weighted by atomic mass is 9.90. The van der Waals surface area contributed by atoms with Crippen molar-refractivity contribution in [3.63, 3.8) is 0 Å². The van der Waals surface area contributed by atoms with Gasteiger partial charge in [-0.2, -0.15) is 0 Å². The molecule has 1 N–H and O–H groups in total. The molecular formula is C15H31NO. The minimum atomic E-state index is 0.438. The summed E-state index contributed by atoms with van der Waals surface area (Å²) >= 11 is 0. The Kier molecular flexibility index (Phi) is 8.72. The fourth-order valence-corrected chi connectivity index (χ4v) is 2.63. The van der Waals surface area contributed by atoms with Crippen LogP contribution in [0.5, 0.6) is 0 Å². The van der Waals surface area contributed by atoms with Crippen LogP contribution in [0.15, 0.2) is 0 Å². The highest BCUT2D eigenvalue weighted by molar-refractivity contribution is 4.67. The topological polar surface area (TPSA) is 21.3 Å². The average molecular weight is 241 g/mol. The van der Waals surface area contributed by atoms with Gasteiger partial charge in [0.1, 0.15) is 0 Å². The van der Waals surface area contributed by atoms with Gasteiger partial charge in [0.25, 0.3) is 0 Å². The van der Waals surface area contributed by atoms with Gasteiger partial charge in [-0.15, -0.1) is 0 Å². The predicted molar refractivity (Wildman–Crippen MR) is 74.4 cm³/mol. The van der Waals surface area contributed by atoms with Crippen LogP contribution in [0.4, 0.5) is 0 Å². The molecule has 2 nitrogen and oxygen atoms in total. The summed E-state index contributed by atoms with van der Waals surface area (Å²) in [6, 6.07) is 0. The zero-order valence-electron chi connectivity index (χ0n) is 11.8. The molecule has 17 heavy (non-hydrogen) atoms. The third-order valence-corrected chi connectivity index (χ3v) is 3.70. The highest BCUT2D eigenvalue weighted by Crippen LogP contribution is 2.24. The van der Waals surface area contributed by atoms with E-state index >= 15 is 0 Å². The molecule has 1 saturated carbocycles. The molecular weight excluding hydrogens is 210 g/mol. The fourth-order valence-electron chi connectivity index (χ4n) is 2.63. The summed E-state index contributed by atoms with van der Waals surface area (Å²) in [4.78, 5) is 0. The zero-order valence-corrected chi connectivity index (χ0v) is 11.8. The smallest absolute Gasteiger partial charge is 0.0699 e. The van der Waals surface area contributed by atoms with Crippen LogP contribution in [-0.4, -0.2) is 25.8 Å². The molecule has 1 aliphatic rings. The Morgan fingerprint density at radius 3 is 2.53 bits per heavy atom. The lowest BCUT2D eigenvalue weighted by Gasteiger charge is -2.25. The van der Waals surface area contributed by atoms with E-state index in [0.717, 1.165) is 25.6 Å². The van der Waals surface area contributed by atoms with E-state index in [1.165, 1.54) is 51.4 Å². The van der Waals surface area contributed by atoms with Gasteiger partial charge >= 0.3 is 0 Å². The van der Waals surface area contributed by atoms with E-state index in [9.17, 15) is 0 Å². The van der Waals surface area contributed by atoms with Crippen molar-refractivity contribution < 1.29 is 4.74 Å². The molecule has 1 rings (SSSR count). The maximum Gasteiger partial charge on any atom is 0.0699 e. The van der Waals surface area contributed by atoms with Crippen LogP contribution < -0.4 is 5.32 Å². The summed E-state index contributed by atoms with van der Waals surface area (Å²) < 4.78 is 6.11. The molecule has 0 amide bonds. The molecule has 0 aromatic carbocycles. The van der Waals surface area contributed by atoms with E-state index in [1.54, 1.807) is 0 Å². The molecule has 2 heteroatoms. The second-order valence-corrected chi connectivity index (χ2v) is 5.45. The van der Waals surface area contributed by atoms with Crippen LogP contribution in [0, 0.1) is 5.92 Å². The van der Waals surface area contributed by atoms with Gasteiger partial charge in [-0.05, 0) is 38.1 Å². The minimum Gasteiger partial charge on any atom is -0.377 e. The van der Waals surface area contributed by atoms with Crippen molar-refractivity contribution in [2.75, 3.05) is 19.7 Å². The van der Waals surface area contributed by atoms with Crippen molar-refractivity contribution in [3.05, 3.63) is 0 Å². The Labute approximate surface area is 108 Å². The summed E-state index contributed by atoms with van der Waals surface area (Å²) in [5.74, 6) is 0.842. The van der Waals surface area contributed by atoms with Crippen molar-refractivity contribution >= 4 is 0 Å². The highest BCUT2D eigenvalue weighted by atomic mass is 16.5. The SMILES string of the molecule is CCCNCC(CCC)OCC1CCCCC1. The lowest BCUT2D eigenvalue weighted by Crippen LogP contribution is -2.31. The first kappa shape index (κ1) is 15.0. The standard InChI is InChI=1S/C15H31NO/c1-3-8-15(12-16-11-4-2)17-13-14-9-6-5-7-10-14/h14-16H,3-13H2,1-2H3. The van der Waals surface area contributed by atoms with Crippen LogP contribution in [0.2, 0.25) is 0 Å². The van der Waals surface area contributed by atoms with Gasteiger partial charge in [-0.25, -0.2) is 0 Å². The van der Waals surface area contributed by atoms with Gasteiger partial charge in [0.05, 0.1) is 6.10 Å². The summed E-state index contributed by atoms with van der Waals surface area (Å²) in [6.45, 7) is 7.61. The third kappa shape index (κ3) is 7.05. The molecule has 1 unspecified atom stereocenters. The van der Waals surface area contributed by atoms with Crippen molar-refractivity contribution in [3.8, 4) is 0 Å². The number of nitrogens with one attached hydrogen (secondary N) is 1. The van der Waals surface area contributed by atoms with E-state index in [-0.39, 0.29) is 0 Å². The molecule has 0 aliphatic heterocycles. The summed E-state index contributed by atoms with van der Waals surface area (Å²) in [5, 5.41) is 3.48. The Morgan fingerprint density at radius 2 is 1.88 bits per heavy atom. The number of hydrogen-bond donors (Lipinski definition) is 1. The van der Waals surface area contributed by atoms with Crippen molar-refractivity contribution in [2.24, 2.45) is 5.92 Å². The monoisotopic (exact) mass is 241 g/mol. The Balaban J connectivity index is 2.13.